The van der Waals surface area contributed by atoms with Gasteiger partial charge >= 0.3 is 59.7 Å². The highest BCUT2D eigenvalue weighted by Crippen LogP contribution is 2.43. The van der Waals surface area contributed by atoms with Gasteiger partial charge < -0.3 is 47.4 Å². The van der Waals surface area contributed by atoms with Gasteiger partial charge in [-0.05, 0) is 98.9 Å². The van der Waals surface area contributed by atoms with Gasteiger partial charge in [0.05, 0.1) is 72.0 Å². The molecule has 2 aliphatic rings. The zero-order valence-electron chi connectivity index (χ0n) is 43.7. The Morgan fingerprint density at radius 3 is 1.01 bits per heavy atom. The topological polar surface area (TPSA) is 263 Å². The molecule has 23 heteroatoms. The molecule has 0 radical (unpaired) electrons. The first kappa shape index (κ1) is 61.6. The Balaban J connectivity index is 0.854. The number of carbonyl (C=O) groups excluding carboxylic acids is 10. The Hall–Kier alpha value is -7.63. The van der Waals surface area contributed by atoms with Crippen LogP contribution < -0.4 is 18.9 Å². The van der Waals surface area contributed by atoms with Crippen LogP contribution in [-0.4, -0.2) is 99.3 Å². The van der Waals surface area contributed by atoms with Gasteiger partial charge in [0.25, 0.3) is 0 Å². The number of rotatable bonds is 28. The average Bonchev–Trinajstić information content (AvgIpc) is 3.87. The molecule has 426 valence electrons. The summed E-state index contributed by atoms with van der Waals surface area (Å²) < 4.78 is 54.4. The number of fused-ring (bicyclic) bond motifs is 1. The molecule has 0 unspecified atom stereocenters. The molecule has 0 atom stereocenters. The lowest BCUT2D eigenvalue weighted by Crippen LogP contribution is -2.30. The second-order valence-corrected chi connectivity index (χ2v) is 21.6. The molecule has 0 N–H and O–H groups in total. The molecule has 1 heterocycles. The third-order valence-electron chi connectivity index (χ3n) is 12.8. The van der Waals surface area contributed by atoms with Crippen LogP contribution in [0.15, 0.2) is 86.0 Å². The van der Waals surface area contributed by atoms with Gasteiger partial charge in [-0.1, -0.05) is 49.6 Å². The van der Waals surface area contributed by atoms with E-state index in [2.05, 4.69) is 13.2 Å². The van der Waals surface area contributed by atoms with E-state index in [9.17, 15) is 47.9 Å². The molecule has 0 saturated heterocycles. The van der Waals surface area contributed by atoms with Crippen LogP contribution in [0, 0.1) is 26.8 Å². The zero-order chi connectivity index (χ0) is 57.4. The predicted molar refractivity (Wildman–Crippen MR) is 289 cm³/mol. The summed E-state index contributed by atoms with van der Waals surface area (Å²) in [5, 5.41) is 0. The maximum atomic E-state index is 13.5. The van der Waals surface area contributed by atoms with Crippen molar-refractivity contribution < 1.29 is 95.3 Å². The van der Waals surface area contributed by atoms with Gasteiger partial charge in [-0.2, -0.15) is 0 Å². The molecule has 3 aromatic carbocycles. The summed E-state index contributed by atoms with van der Waals surface area (Å²) in [5.41, 5.74) is 1.65. The van der Waals surface area contributed by atoms with Crippen LogP contribution in [0.5, 0.6) is 23.0 Å². The van der Waals surface area contributed by atoms with Crippen molar-refractivity contribution in [2.45, 2.75) is 89.9 Å². The van der Waals surface area contributed by atoms with Crippen molar-refractivity contribution in [3.05, 3.63) is 100 Å². The minimum absolute atomic E-state index is 0.0712. The van der Waals surface area contributed by atoms with E-state index in [4.69, 9.17) is 59.6 Å². The summed E-state index contributed by atoms with van der Waals surface area (Å²) in [4.78, 5) is 123. The molecule has 6 rings (SSSR count). The van der Waals surface area contributed by atoms with Gasteiger partial charge in [0, 0.05) is 25.0 Å². The van der Waals surface area contributed by atoms with Crippen molar-refractivity contribution in [1.82, 2.24) is 0 Å². The summed E-state index contributed by atoms with van der Waals surface area (Å²) in [6, 6.07) is 16.7. The van der Waals surface area contributed by atoms with Crippen LogP contribution in [0.2, 0.25) is 0 Å². The SMILES string of the molecule is C=CC(=O)OCCOC(=O)CCC(=O)OCCc1ccc(OC(=O)C2CCC(C(=O)Oc3ccc(OC(=O)C4CCC(C(=O)Oc5ccc(CCOC(=O)CCC(=O)OCCOC(=O)C=C)cc5)CC4)c4sc(=S)sc34)CC2)cc1. The number of esters is 10. The number of hydrogen-bond acceptors (Lipinski definition) is 23. The summed E-state index contributed by atoms with van der Waals surface area (Å²) in [6.07, 6.45) is 5.35. The molecule has 0 bridgehead atoms. The predicted octanol–water partition coefficient (Wildman–Crippen LogP) is 8.60. The highest BCUT2D eigenvalue weighted by Gasteiger charge is 2.35. The van der Waals surface area contributed by atoms with Crippen molar-refractivity contribution in [3.8, 4) is 23.0 Å². The van der Waals surface area contributed by atoms with Crippen LogP contribution in [-0.2, 0) is 89.2 Å². The standard InChI is InChI=1S/C57H60O20S3/c1-3-45(58)70-31-33-72-49(62)25-23-47(60)68-29-27-35-5-17-41(18-6-35)74-53(64)37-9-13-39(14-10-37)55(66)76-43-21-22-44(52-51(43)79-57(78)80-52)77-56(67)40-15-11-38(12-16-40)54(65)75-42-19-7-36(8-20-42)28-30-69-48(61)24-26-50(63)73-34-32-71-46(59)4-2/h3-8,17-22,37-40H,1-2,9-16,23-34H2. The lowest BCUT2D eigenvalue weighted by atomic mass is 9.82. The first-order valence-electron chi connectivity index (χ1n) is 25.9. The number of hydrogen-bond donors (Lipinski definition) is 0. The van der Waals surface area contributed by atoms with Crippen molar-refractivity contribution >= 4 is 104 Å². The molecular weight excluding hydrogens is 1100 g/mol. The Morgan fingerprint density at radius 1 is 0.412 bits per heavy atom. The Kier molecular flexibility index (Phi) is 24.5. The largest absolute Gasteiger partial charge is 0.465 e. The number of benzene rings is 3. The van der Waals surface area contributed by atoms with E-state index in [0.29, 0.717) is 99.7 Å². The lowest BCUT2D eigenvalue weighted by molar-refractivity contribution is -0.152. The molecule has 0 spiro atoms. The first-order chi connectivity index (χ1) is 38.6. The monoisotopic (exact) mass is 1160 g/mol. The third-order valence-corrected chi connectivity index (χ3v) is 15.5. The van der Waals surface area contributed by atoms with Gasteiger partial charge in [-0.15, -0.1) is 22.7 Å². The van der Waals surface area contributed by atoms with Crippen molar-refractivity contribution in [2.24, 2.45) is 23.7 Å². The minimum atomic E-state index is -0.636. The molecule has 1 aromatic heterocycles. The maximum Gasteiger partial charge on any atom is 0.330 e. The Labute approximate surface area is 473 Å². The molecule has 0 aliphatic heterocycles. The van der Waals surface area contributed by atoms with Crippen molar-refractivity contribution in [1.29, 1.82) is 0 Å². The highest BCUT2D eigenvalue weighted by atomic mass is 32.2. The summed E-state index contributed by atoms with van der Waals surface area (Å²) in [7, 11) is 0. The van der Waals surface area contributed by atoms with Gasteiger partial charge in [0.1, 0.15) is 52.6 Å². The molecule has 2 saturated carbocycles. The van der Waals surface area contributed by atoms with E-state index in [-0.39, 0.29) is 65.3 Å². The number of carbonyl (C=O) groups is 10. The van der Waals surface area contributed by atoms with E-state index in [1.807, 2.05) is 0 Å². The highest BCUT2D eigenvalue weighted by molar-refractivity contribution is 7.77. The van der Waals surface area contributed by atoms with E-state index < -0.39 is 83.4 Å². The molecule has 2 aliphatic carbocycles. The Morgan fingerprint density at radius 2 is 0.700 bits per heavy atom. The quantitative estimate of drug-likeness (QED) is 0.0129. The lowest BCUT2D eigenvalue weighted by Gasteiger charge is -2.26. The summed E-state index contributed by atoms with van der Waals surface area (Å²) >= 11 is 7.98. The molecule has 80 heavy (non-hydrogen) atoms. The van der Waals surface area contributed by atoms with E-state index >= 15 is 0 Å². The van der Waals surface area contributed by atoms with E-state index in [1.54, 1.807) is 60.7 Å². The third kappa shape index (κ3) is 20.2. The van der Waals surface area contributed by atoms with Crippen LogP contribution >= 0.6 is 34.9 Å². The summed E-state index contributed by atoms with van der Waals surface area (Å²) in [5.74, 6) is -5.86. The van der Waals surface area contributed by atoms with Crippen LogP contribution in [0.3, 0.4) is 0 Å². The van der Waals surface area contributed by atoms with Gasteiger partial charge in [0.15, 0.2) is 0 Å². The maximum absolute atomic E-state index is 13.5. The van der Waals surface area contributed by atoms with Crippen LogP contribution in [0.4, 0.5) is 0 Å². The molecular formula is C57H60O20S3. The smallest absolute Gasteiger partial charge is 0.330 e. The Bertz CT molecular complexity index is 2730. The fourth-order valence-electron chi connectivity index (χ4n) is 8.40. The molecule has 2 fully saturated rings. The first-order valence-corrected chi connectivity index (χ1v) is 27.9. The van der Waals surface area contributed by atoms with Crippen LogP contribution in [0.25, 0.3) is 9.40 Å². The van der Waals surface area contributed by atoms with Crippen molar-refractivity contribution in [2.75, 3.05) is 39.6 Å². The molecule has 4 aromatic rings. The van der Waals surface area contributed by atoms with E-state index in [1.165, 1.54) is 22.7 Å². The normalized spacial score (nSPS) is 16.6. The summed E-state index contributed by atoms with van der Waals surface area (Å²) in [6.45, 7) is 6.14. The van der Waals surface area contributed by atoms with Crippen molar-refractivity contribution in [3.63, 3.8) is 0 Å². The van der Waals surface area contributed by atoms with E-state index in [0.717, 1.165) is 23.3 Å². The molecule has 20 nitrogen and oxygen atoms in total. The number of ether oxygens (including phenoxy) is 10. The molecule has 0 amide bonds. The van der Waals surface area contributed by atoms with Gasteiger partial charge in [0.2, 0.25) is 0 Å². The second kappa shape index (κ2) is 31.8. The fraction of sp³-hybridized carbons (Fsp3) is 0.421. The van der Waals surface area contributed by atoms with Gasteiger partial charge in [-0.3, -0.25) is 38.4 Å². The zero-order valence-corrected chi connectivity index (χ0v) is 46.1. The van der Waals surface area contributed by atoms with Crippen LogP contribution in [0.1, 0.15) is 88.2 Å². The minimum Gasteiger partial charge on any atom is -0.465 e. The fourth-order valence-corrected chi connectivity index (χ4v) is 11.0. The van der Waals surface area contributed by atoms with Gasteiger partial charge in [-0.25, -0.2) is 9.59 Å². The second-order valence-electron chi connectivity index (χ2n) is 18.4. The average molecular weight is 1160 g/mol.